The summed E-state index contributed by atoms with van der Waals surface area (Å²) in [6.07, 6.45) is -1.38. The number of ether oxygens (including phenoxy) is 3. The number of carbonyl (C=O) groups excluding carboxylic acids is 2. The van der Waals surface area contributed by atoms with E-state index in [1.165, 1.54) is 39.8 Å². The Hall–Kier alpha value is -2.74. The topological polar surface area (TPSA) is 141 Å². The van der Waals surface area contributed by atoms with Crippen LogP contribution >= 0.6 is 34.9 Å². The molecule has 2 atom stereocenters. The first kappa shape index (κ1) is 25.4. The van der Waals surface area contributed by atoms with Gasteiger partial charge in [-0.25, -0.2) is 9.78 Å². The molecule has 0 bridgehead atoms. The van der Waals surface area contributed by atoms with E-state index in [1.54, 1.807) is 19.2 Å². The second-order valence-electron chi connectivity index (χ2n) is 7.67. The standard InChI is InChI=1S/C22H23N3O7S3/c1-11-15(7-16(26)31-8-12-3-5-14(30-2)6-4-12)35-21(24-11)34-10-13-9-33-20-17(23)18(27)25(20)19(13)32-22(28)29/h3-6,17,20H,7-10,23H2,1-2H3,(H,28,29)/t17?,20-/m0/s1. The number of hydrogen-bond acceptors (Lipinski definition) is 11. The molecule has 2 aliphatic heterocycles. The molecule has 10 nitrogen and oxygen atoms in total. The van der Waals surface area contributed by atoms with Gasteiger partial charge in [0.15, 0.2) is 4.34 Å². The van der Waals surface area contributed by atoms with E-state index < -0.39 is 12.2 Å². The van der Waals surface area contributed by atoms with Crippen LogP contribution in [0.1, 0.15) is 16.1 Å². The summed E-state index contributed by atoms with van der Waals surface area (Å²) >= 11 is 4.25. The SMILES string of the molecule is COc1ccc(COC(=O)Cc2sc(SCC3=C(OC(=O)O)N4C(=O)C(N)[C@@H]4SC3)nc2C)cc1. The maximum atomic E-state index is 12.3. The Morgan fingerprint density at radius 3 is 2.74 bits per heavy atom. The smallest absolute Gasteiger partial charge is 0.497 e. The fourth-order valence-electron chi connectivity index (χ4n) is 3.45. The zero-order valence-electron chi connectivity index (χ0n) is 18.9. The van der Waals surface area contributed by atoms with Crippen LogP contribution in [0.3, 0.4) is 0 Å². The molecule has 0 radical (unpaired) electrons. The average Bonchev–Trinajstić information content (AvgIpc) is 3.19. The van der Waals surface area contributed by atoms with Crippen molar-refractivity contribution in [1.29, 1.82) is 0 Å². The zero-order valence-corrected chi connectivity index (χ0v) is 21.3. The lowest BCUT2D eigenvalue weighted by molar-refractivity contribution is -0.145. The molecule has 1 fully saturated rings. The number of esters is 1. The Balaban J connectivity index is 1.35. The molecule has 35 heavy (non-hydrogen) atoms. The van der Waals surface area contributed by atoms with E-state index in [9.17, 15) is 14.4 Å². The van der Waals surface area contributed by atoms with E-state index in [4.69, 9.17) is 25.1 Å². The van der Waals surface area contributed by atoms with Gasteiger partial charge >= 0.3 is 12.1 Å². The molecule has 13 heteroatoms. The van der Waals surface area contributed by atoms with Gasteiger partial charge in [-0.05, 0) is 24.6 Å². The second kappa shape index (κ2) is 10.9. The van der Waals surface area contributed by atoms with Crippen LogP contribution in [0.4, 0.5) is 4.79 Å². The number of carboxylic acid groups (broad SMARTS) is 1. The van der Waals surface area contributed by atoms with Gasteiger partial charge in [0.1, 0.15) is 23.8 Å². The predicted molar refractivity (Wildman–Crippen MR) is 131 cm³/mol. The molecule has 4 rings (SSSR count). The quantitative estimate of drug-likeness (QED) is 0.277. The Labute approximate surface area is 213 Å². The predicted octanol–water partition coefficient (Wildman–Crippen LogP) is 2.99. The summed E-state index contributed by atoms with van der Waals surface area (Å²) < 4.78 is 16.2. The van der Waals surface area contributed by atoms with E-state index in [-0.39, 0.29) is 36.2 Å². The highest BCUT2D eigenvalue weighted by Gasteiger charge is 2.51. The van der Waals surface area contributed by atoms with Gasteiger partial charge < -0.3 is 25.1 Å². The van der Waals surface area contributed by atoms with Crippen molar-refractivity contribution in [2.75, 3.05) is 18.6 Å². The van der Waals surface area contributed by atoms with Gasteiger partial charge in [0.05, 0.1) is 19.2 Å². The molecular formula is C22H23N3O7S3. The zero-order chi connectivity index (χ0) is 25.1. The minimum Gasteiger partial charge on any atom is -0.497 e. The number of nitrogens with zero attached hydrogens (tertiary/aromatic N) is 2. The van der Waals surface area contributed by atoms with E-state index in [2.05, 4.69) is 4.98 Å². The highest BCUT2D eigenvalue weighted by atomic mass is 32.2. The summed E-state index contributed by atoms with van der Waals surface area (Å²) in [6, 6.07) is 6.63. The maximum absolute atomic E-state index is 12.3. The van der Waals surface area contributed by atoms with Crippen LogP contribution in [0.15, 0.2) is 40.1 Å². The number of thioether (sulfide) groups is 2. The summed E-state index contributed by atoms with van der Waals surface area (Å²) in [6.45, 7) is 1.99. The summed E-state index contributed by atoms with van der Waals surface area (Å²) in [5, 5.41) is 8.80. The van der Waals surface area contributed by atoms with Gasteiger partial charge in [0, 0.05) is 22.0 Å². The van der Waals surface area contributed by atoms with Crippen LogP contribution in [0.25, 0.3) is 0 Å². The molecule has 3 N–H and O–H groups in total. The first-order valence-corrected chi connectivity index (χ1v) is 13.3. The van der Waals surface area contributed by atoms with Gasteiger partial charge in [-0.3, -0.25) is 14.5 Å². The molecular weight excluding hydrogens is 514 g/mol. The number of thiazole rings is 1. The Bertz CT molecular complexity index is 1170. The Kier molecular flexibility index (Phi) is 7.89. The van der Waals surface area contributed by atoms with E-state index in [0.717, 1.165) is 26.2 Å². The van der Waals surface area contributed by atoms with Gasteiger partial charge in [0.25, 0.3) is 0 Å². The summed E-state index contributed by atoms with van der Waals surface area (Å²) in [5.74, 6) is 0.931. The van der Waals surface area contributed by atoms with Gasteiger partial charge in [-0.2, -0.15) is 0 Å². The number of aromatic nitrogens is 1. The Morgan fingerprint density at radius 2 is 2.06 bits per heavy atom. The minimum absolute atomic E-state index is 0.0380. The highest BCUT2D eigenvalue weighted by molar-refractivity contribution is 8.01. The number of rotatable bonds is 9. The van der Waals surface area contributed by atoms with E-state index in [1.807, 2.05) is 19.1 Å². The lowest BCUT2D eigenvalue weighted by atomic mass is 10.1. The fraction of sp³-hybridized carbons (Fsp3) is 0.364. The molecule has 3 heterocycles. The third-order valence-corrected chi connectivity index (χ3v) is 9.07. The average molecular weight is 538 g/mol. The number of β-lactam (4-membered cyclic amide) rings is 1. The summed E-state index contributed by atoms with van der Waals surface area (Å²) in [7, 11) is 1.59. The number of amides is 1. The number of carbonyl (C=O) groups is 3. The van der Waals surface area contributed by atoms with E-state index >= 15 is 0 Å². The second-order valence-corrected chi connectivity index (χ2v) is 11.1. The van der Waals surface area contributed by atoms with Crippen LogP contribution in [0.2, 0.25) is 0 Å². The van der Waals surface area contributed by atoms with Crippen LogP contribution in [0.5, 0.6) is 5.75 Å². The molecule has 2 aliphatic rings. The lowest BCUT2D eigenvalue weighted by Crippen LogP contribution is -2.68. The normalized spacial score (nSPS) is 19.2. The first-order valence-electron chi connectivity index (χ1n) is 10.5. The monoisotopic (exact) mass is 537 g/mol. The Morgan fingerprint density at radius 1 is 1.31 bits per heavy atom. The van der Waals surface area contributed by atoms with Crippen molar-refractivity contribution < 1.29 is 33.7 Å². The fourth-order valence-corrected chi connectivity index (χ4v) is 7.06. The van der Waals surface area contributed by atoms with Gasteiger partial charge in [-0.1, -0.05) is 23.9 Å². The molecule has 0 saturated carbocycles. The number of methoxy groups -OCH3 is 1. The van der Waals surface area contributed by atoms with Gasteiger partial charge in [-0.15, -0.1) is 23.1 Å². The number of aryl methyl sites for hydroxylation is 1. The van der Waals surface area contributed by atoms with Crippen molar-refractivity contribution in [2.45, 2.75) is 35.7 Å². The van der Waals surface area contributed by atoms with Crippen molar-refractivity contribution in [1.82, 2.24) is 9.88 Å². The molecule has 0 aliphatic carbocycles. The third-order valence-electron chi connectivity index (χ3n) is 5.32. The van der Waals surface area contributed by atoms with Gasteiger partial charge in [0.2, 0.25) is 11.8 Å². The van der Waals surface area contributed by atoms with Crippen LogP contribution in [-0.4, -0.2) is 63.1 Å². The summed E-state index contributed by atoms with van der Waals surface area (Å²) in [5.41, 5.74) is 8.08. The molecule has 2 aromatic rings. The van der Waals surface area contributed by atoms with Crippen LogP contribution in [0, 0.1) is 6.92 Å². The number of fused-ring (bicyclic) bond motifs is 1. The molecule has 186 valence electrons. The molecule has 1 aromatic carbocycles. The van der Waals surface area contributed by atoms with Crippen molar-refractivity contribution in [3.05, 3.63) is 51.9 Å². The molecule has 1 saturated heterocycles. The molecule has 0 spiro atoms. The minimum atomic E-state index is -1.48. The number of hydrogen-bond donors (Lipinski definition) is 2. The first-order chi connectivity index (χ1) is 16.8. The number of nitrogens with two attached hydrogens (primary N) is 1. The third kappa shape index (κ3) is 5.74. The molecule has 1 aromatic heterocycles. The number of benzene rings is 1. The molecule has 1 unspecified atom stereocenters. The lowest BCUT2D eigenvalue weighted by Gasteiger charge is -2.47. The van der Waals surface area contributed by atoms with Crippen molar-refractivity contribution in [2.24, 2.45) is 5.73 Å². The van der Waals surface area contributed by atoms with Crippen molar-refractivity contribution >= 4 is 52.9 Å². The summed E-state index contributed by atoms with van der Waals surface area (Å²) in [4.78, 5) is 42.3. The van der Waals surface area contributed by atoms with Crippen LogP contribution < -0.4 is 10.5 Å². The van der Waals surface area contributed by atoms with Crippen LogP contribution in [-0.2, 0) is 32.1 Å². The largest absolute Gasteiger partial charge is 0.512 e. The van der Waals surface area contributed by atoms with E-state index in [0.29, 0.717) is 17.1 Å². The van der Waals surface area contributed by atoms with Crippen molar-refractivity contribution in [3.63, 3.8) is 0 Å². The highest BCUT2D eigenvalue weighted by Crippen LogP contribution is 2.41. The molecule has 1 amide bonds. The van der Waals surface area contributed by atoms with Crippen molar-refractivity contribution in [3.8, 4) is 5.75 Å². The maximum Gasteiger partial charge on any atom is 0.512 e.